The zero-order chi connectivity index (χ0) is 17.7. The lowest BCUT2D eigenvalue weighted by atomic mass is 10.0. The van der Waals surface area contributed by atoms with Gasteiger partial charge in [0.15, 0.2) is 0 Å². The Balaban J connectivity index is 0.00000180. The minimum Gasteiger partial charge on any atom is -0.339 e. The Morgan fingerprint density at radius 2 is 1.85 bits per heavy atom. The molecule has 1 aromatic heterocycles. The summed E-state index contributed by atoms with van der Waals surface area (Å²) < 4.78 is 16.7. The Kier molecular flexibility index (Phi) is 4.67. The van der Waals surface area contributed by atoms with Crippen LogP contribution in [0.1, 0.15) is 22.4 Å². The molecule has 0 unspecified atom stereocenters. The average molecular weight is 381 g/mol. The number of rotatable bonds is 2. The molecule has 1 aliphatic rings. The molecule has 0 bridgehead atoms. The number of nitrogens with one attached hydrogen (secondary N) is 1. The molecule has 138 valence electrons. The molecule has 0 amide bonds. The smallest absolute Gasteiger partial charge is 0.131 e. The zero-order valence-electron chi connectivity index (χ0n) is 15.3. The van der Waals surface area contributed by atoms with Crippen LogP contribution in [0.25, 0.3) is 21.7 Å². The third kappa shape index (κ3) is 2.91. The fourth-order valence-corrected chi connectivity index (χ4v) is 4.31. The van der Waals surface area contributed by atoms with Gasteiger partial charge in [-0.25, -0.2) is 4.39 Å². The van der Waals surface area contributed by atoms with Crippen molar-refractivity contribution < 1.29 is 4.39 Å². The van der Waals surface area contributed by atoms with Gasteiger partial charge in [-0.05, 0) is 54.6 Å². The van der Waals surface area contributed by atoms with Crippen molar-refractivity contribution in [2.24, 2.45) is 0 Å². The molecule has 0 saturated carbocycles. The van der Waals surface area contributed by atoms with Gasteiger partial charge in [0.2, 0.25) is 0 Å². The first-order chi connectivity index (χ1) is 12.7. The molecule has 1 N–H and O–H groups in total. The molecule has 2 heterocycles. The molecule has 27 heavy (non-hydrogen) atoms. The van der Waals surface area contributed by atoms with Gasteiger partial charge in [0.25, 0.3) is 0 Å². The number of hydrogen-bond acceptors (Lipinski definition) is 1. The number of benzene rings is 3. The van der Waals surface area contributed by atoms with E-state index in [2.05, 4.69) is 46.3 Å². The summed E-state index contributed by atoms with van der Waals surface area (Å²) in [4.78, 5) is 0. The van der Waals surface area contributed by atoms with Crippen LogP contribution in [0, 0.1) is 12.7 Å². The Morgan fingerprint density at radius 3 is 2.74 bits per heavy atom. The molecule has 0 atom stereocenters. The summed E-state index contributed by atoms with van der Waals surface area (Å²) in [6.07, 6.45) is 1.06. The van der Waals surface area contributed by atoms with Gasteiger partial charge in [-0.1, -0.05) is 42.0 Å². The van der Waals surface area contributed by atoms with E-state index in [0.29, 0.717) is 5.39 Å². The molecule has 0 aliphatic carbocycles. The summed E-state index contributed by atoms with van der Waals surface area (Å²) in [7, 11) is 0. The molecule has 0 saturated heterocycles. The number of nitrogens with zero attached hydrogens (tertiary/aromatic N) is 1. The van der Waals surface area contributed by atoms with E-state index in [1.807, 2.05) is 19.1 Å². The van der Waals surface area contributed by atoms with Gasteiger partial charge >= 0.3 is 0 Å². The van der Waals surface area contributed by atoms with Crippen molar-refractivity contribution >= 4 is 34.1 Å². The Hall–Kier alpha value is -2.36. The first-order valence-electron chi connectivity index (χ1n) is 9.20. The lowest BCUT2D eigenvalue weighted by Gasteiger charge is -2.18. The average Bonchev–Trinajstić information content (AvgIpc) is 2.98. The minimum atomic E-state index is -0.145. The van der Waals surface area contributed by atoms with Gasteiger partial charge in [-0.2, -0.15) is 0 Å². The molecule has 2 nitrogen and oxygen atoms in total. The van der Waals surface area contributed by atoms with Crippen LogP contribution in [0.4, 0.5) is 4.39 Å². The lowest BCUT2D eigenvalue weighted by molar-refractivity contribution is 0.602. The zero-order valence-corrected chi connectivity index (χ0v) is 16.1. The van der Waals surface area contributed by atoms with Crippen LogP contribution < -0.4 is 5.32 Å². The van der Waals surface area contributed by atoms with Crippen LogP contribution in [0.15, 0.2) is 54.6 Å². The second kappa shape index (κ2) is 6.99. The van der Waals surface area contributed by atoms with Crippen molar-refractivity contribution in [3.8, 4) is 0 Å². The topological polar surface area (TPSA) is 17.0 Å². The second-order valence-electron chi connectivity index (χ2n) is 7.21. The van der Waals surface area contributed by atoms with E-state index < -0.39 is 0 Å². The summed E-state index contributed by atoms with van der Waals surface area (Å²) in [5, 5.41) is 6.57. The molecule has 0 radical (unpaired) electrons. The number of aryl methyl sites for hydroxylation is 1. The summed E-state index contributed by atoms with van der Waals surface area (Å²) >= 11 is 0. The van der Waals surface area contributed by atoms with E-state index in [-0.39, 0.29) is 18.2 Å². The molecule has 0 spiro atoms. The number of hydrogen-bond donors (Lipinski definition) is 1. The molecule has 3 aromatic carbocycles. The van der Waals surface area contributed by atoms with Gasteiger partial charge in [-0.3, -0.25) is 0 Å². The molecular weight excluding hydrogens is 359 g/mol. The SMILES string of the molecule is Cc1ccc2c(Cn3c4c(c5ccccc53)CCNC4)ccc(F)c2c1.Cl. The maximum Gasteiger partial charge on any atom is 0.131 e. The van der Waals surface area contributed by atoms with Gasteiger partial charge in [0.1, 0.15) is 5.82 Å². The first-order valence-corrected chi connectivity index (χ1v) is 9.20. The quantitative estimate of drug-likeness (QED) is 0.495. The second-order valence-corrected chi connectivity index (χ2v) is 7.21. The first kappa shape index (κ1) is 18.0. The van der Waals surface area contributed by atoms with Crippen LogP contribution in [-0.2, 0) is 19.5 Å². The highest BCUT2D eigenvalue weighted by Crippen LogP contribution is 2.31. The van der Waals surface area contributed by atoms with Crippen LogP contribution in [-0.4, -0.2) is 11.1 Å². The highest BCUT2D eigenvalue weighted by atomic mass is 35.5. The van der Waals surface area contributed by atoms with Crippen LogP contribution >= 0.6 is 12.4 Å². The van der Waals surface area contributed by atoms with Crippen molar-refractivity contribution in [2.45, 2.75) is 26.4 Å². The number of aromatic nitrogens is 1. The van der Waals surface area contributed by atoms with Gasteiger partial charge in [0.05, 0.1) is 0 Å². The van der Waals surface area contributed by atoms with Gasteiger partial charge in [0, 0.05) is 35.1 Å². The van der Waals surface area contributed by atoms with Crippen molar-refractivity contribution in [3.63, 3.8) is 0 Å². The summed E-state index contributed by atoms with van der Waals surface area (Å²) in [6.45, 7) is 4.69. The predicted octanol–water partition coefficient (Wildman–Crippen LogP) is 5.36. The molecule has 5 rings (SSSR count). The Bertz CT molecular complexity index is 1150. The van der Waals surface area contributed by atoms with E-state index >= 15 is 0 Å². The maximum atomic E-state index is 14.3. The Morgan fingerprint density at radius 1 is 1.00 bits per heavy atom. The molecular formula is C23H22ClFN2. The normalized spacial score (nSPS) is 13.6. The van der Waals surface area contributed by atoms with Crippen molar-refractivity contribution in [3.05, 3.63) is 82.8 Å². The van der Waals surface area contributed by atoms with Crippen LogP contribution in [0.2, 0.25) is 0 Å². The summed E-state index contributed by atoms with van der Waals surface area (Å²) in [5.41, 5.74) is 6.34. The highest BCUT2D eigenvalue weighted by molar-refractivity contribution is 5.88. The monoisotopic (exact) mass is 380 g/mol. The third-order valence-electron chi connectivity index (χ3n) is 5.58. The minimum absolute atomic E-state index is 0. The highest BCUT2D eigenvalue weighted by Gasteiger charge is 2.20. The molecule has 1 aliphatic heterocycles. The van der Waals surface area contributed by atoms with Crippen molar-refractivity contribution in [1.82, 2.24) is 9.88 Å². The van der Waals surface area contributed by atoms with E-state index in [0.717, 1.165) is 42.6 Å². The molecule has 0 fully saturated rings. The van der Waals surface area contributed by atoms with E-state index in [9.17, 15) is 4.39 Å². The Labute approximate surface area is 164 Å². The molecule has 4 heteroatoms. The standard InChI is InChI=1S/C23H21FN2.ClH/c1-15-6-8-17-16(7-9-21(24)20(17)12-15)14-26-22-5-3-2-4-18(22)19-10-11-25-13-23(19)26;/h2-9,12,25H,10-11,13-14H2,1H3;1H. The fourth-order valence-electron chi connectivity index (χ4n) is 4.31. The lowest BCUT2D eigenvalue weighted by Crippen LogP contribution is -2.25. The largest absolute Gasteiger partial charge is 0.339 e. The van der Waals surface area contributed by atoms with Crippen molar-refractivity contribution in [2.75, 3.05) is 6.54 Å². The molecule has 4 aromatic rings. The third-order valence-corrected chi connectivity index (χ3v) is 5.58. The van der Waals surface area contributed by atoms with Crippen LogP contribution in [0.3, 0.4) is 0 Å². The summed E-state index contributed by atoms with van der Waals surface area (Å²) in [6, 6.07) is 18.2. The van der Waals surface area contributed by atoms with Crippen LogP contribution in [0.5, 0.6) is 0 Å². The maximum absolute atomic E-state index is 14.3. The van der Waals surface area contributed by atoms with Crippen molar-refractivity contribution in [1.29, 1.82) is 0 Å². The van der Waals surface area contributed by atoms with Gasteiger partial charge in [-0.15, -0.1) is 12.4 Å². The van der Waals surface area contributed by atoms with E-state index in [4.69, 9.17) is 0 Å². The summed E-state index contributed by atoms with van der Waals surface area (Å²) in [5.74, 6) is -0.145. The predicted molar refractivity (Wildman–Crippen MR) is 112 cm³/mol. The number of halogens is 2. The van der Waals surface area contributed by atoms with E-state index in [1.54, 1.807) is 6.07 Å². The number of fused-ring (bicyclic) bond motifs is 4. The number of para-hydroxylation sites is 1. The fraction of sp³-hybridized carbons (Fsp3) is 0.217. The van der Waals surface area contributed by atoms with Gasteiger partial charge < -0.3 is 9.88 Å². The van der Waals surface area contributed by atoms with E-state index in [1.165, 1.54) is 22.2 Å².